The predicted molar refractivity (Wildman–Crippen MR) is 43.5 cm³/mol. The molecule has 0 bridgehead atoms. The molecule has 3 nitrogen and oxygen atoms in total. The lowest BCUT2D eigenvalue weighted by molar-refractivity contribution is 0.249. The number of nitrogens with one attached hydrogen (secondary N) is 1. The highest BCUT2D eigenvalue weighted by atomic mass is 19.1. The highest BCUT2D eigenvalue weighted by molar-refractivity contribution is 5.77. The Balaban J connectivity index is 2.40. The summed E-state index contributed by atoms with van der Waals surface area (Å²) in [4.78, 5) is 4.08. The summed E-state index contributed by atoms with van der Waals surface area (Å²) >= 11 is 0. The molecular weight excluding hydrogens is 145 g/mol. The Kier molecular flexibility index (Phi) is 2.82. The minimum absolute atomic E-state index is 0.0312. The van der Waals surface area contributed by atoms with Crippen molar-refractivity contribution < 1.29 is 4.39 Å². The maximum absolute atomic E-state index is 12.7. The minimum atomic E-state index is -0.767. The van der Waals surface area contributed by atoms with Crippen LogP contribution in [0.4, 0.5) is 4.39 Å². The fourth-order valence-corrected chi connectivity index (χ4v) is 1.25. The lowest BCUT2D eigenvalue weighted by atomic mass is 10.1. The molecule has 0 radical (unpaired) electrons. The van der Waals surface area contributed by atoms with Crippen molar-refractivity contribution in [1.29, 1.82) is 0 Å². The van der Waals surface area contributed by atoms with E-state index in [9.17, 15) is 4.39 Å². The summed E-state index contributed by atoms with van der Waals surface area (Å²) in [5.74, 6) is 0.533. The van der Waals surface area contributed by atoms with Crippen LogP contribution in [0.3, 0.4) is 0 Å². The van der Waals surface area contributed by atoms with Crippen molar-refractivity contribution in [3.8, 4) is 0 Å². The second-order valence-electron chi connectivity index (χ2n) is 2.92. The molecule has 4 heteroatoms. The van der Waals surface area contributed by atoms with Gasteiger partial charge in [0.15, 0.2) is 0 Å². The van der Waals surface area contributed by atoms with Gasteiger partial charge in [0, 0.05) is 19.5 Å². The van der Waals surface area contributed by atoms with E-state index in [0.29, 0.717) is 18.8 Å². The molecule has 1 fully saturated rings. The first-order chi connectivity index (χ1) is 5.18. The van der Waals surface area contributed by atoms with Gasteiger partial charge in [0.2, 0.25) is 0 Å². The zero-order valence-electron chi connectivity index (χ0n) is 6.68. The van der Waals surface area contributed by atoms with E-state index in [1.165, 1.54) is 0 Å². The number of amidine groups is 1. The molecule has 1 rings (SSSR count). The first-order valence-corrected chi connectivity index (χ1v) is 3.83. The van der Waals surface area contributed by atoms with Crippen LogP contribution in [0.2, 0.25) is 0 Å². The van der Waals surface area contributed by atoms with Gasteiger partial charge in [-0.1, -0.05) is 0 Å². The van der Waals surface area contributed by atoms with E-state index in [1.54, 1.807) is 6.92 Å². The van der Waals surface area contributed by atoms with E-state index < -0.39 is 6.17 Å². The van der Waals surface area contributed by atoms with Gasteiger partial charge in [-0.2, -0.15) is 0 Å². The molecule has 1 aliphatic heterocycles. The largest absolute Gasteiger partial charge is 0.388 e. The van der Waals surface area contributed by atoms with Crippen molar-refractivity contribution in [2.24, 2.45) is 10.7 Å². The third kappa shape index (κ3) is 2.84. The summed E-state index contributed by atoms with van der Waals surface area (Å²) in [6, 6.07) is 0.0312. The van der Waals surface area contributed by atoms with Crippen molar-refractivity contribution in [2.45, 2.75) is 25.6 Å². The zero-order chi connectivity index (χ0) is 8.27. The Morgan fingerprint density at radius 1 is 1.64 bits per heavy atom. The number of nitrogens with two attached hydrogens (primary N) is 1. The Labute approximate surface area is 65.9 Å². The van der Waals surface area contributed by atoms with Crippen LogP contribution >= 0.6 is 0 Å². The van der Waals surface area contributed by atoms with Crippen LogP contribution in [0, 0.1) is 0 Å². The van der Waals surface area contributed by atoms with Gasteiger partial charge in [-0.25, -0.2) is 4.39 Å². The number of hydrogen-bond donors (Lipinski definition) is 2. The number of hydrogen-bond acceptors (Lipinski definition) is 2. The highest BCUT2D eigenvalue weighted by Gasteiger charge is 2.19. The molecule has 11 heavy (non-hydrogen) atoms. The van der Waals surface area contributed by atoms with Crippen LogP contribution in [0.15, 0.2) is 4.99 Å². The second kappa shape index (κ2) is 3.67. The summed E-state index contributed by atoms with van der Waals surface area (Å²) in [7, 11) is 0. The zero-order valence-corrected chi connectivity index (χ0v) is 6.68. The van der Waals surface area contributed by atoms with E-state index in [-0.39, 0.29) is 6.04 Å². The van der Waals surface area contributed by atoms with E-state index in [1.807, 2.05) is 0 Å². The monoisotopic (exact) mass is 159 g/mol. The second-order valence-corrected chi connectivity index (χ2v) is 2.92. The molecular formula is C7H14FN3. The number of rotatable bonds is 1. The molecule has 1 heterocycles. The van der Waals surface area contributed by atoms with Gasteiger partial charge in [0.25, 0.3) is 0 Å². The van der Waals surface area contributed by atoms with Gasteiger partial charge in [0.05, 0.1) is 11.9 Å². The average molecular weight is 159 g/mol. The molecule has 0 aromatic carbocycles. The number of nitrogens with zero attached hydrogens (tertiary/aromatic N) is 1. The molecule has 0 aromatic rings. The number of halogens is 1. The van der Waals surface area contributed by atoms with Gasteiger partial charge in [-0.15, -0.1) is 0 Å². The van der Waals surface area contributed by atoms with Crippen LogP contribution in [0.1, 0.15) is 13.3 Å². The van der Waals surface area contributed by atoms with Crippen molar-refractivity contribution in [3.05, 3.63) is 0 Å². The minimum Gasteiger partial charge on any atom is -0.388 e. The molecule has 64 valence electrons. The van der Waals surface area contributed by atoms with Crippen LogP contribution in [0.25, 0.3) is 0 Å². The van der Waals surface area contributed by atoms with Crippen LogP contribution in [-0.2, 0) is 0 Å². The molecule has 3 N–H and O–H groups in total. The summed E-state index contributed by atoms with van der Waals surface area (Å²) in [6.45, 7) is 2.92. The van der Waals surface area contributed by atoms with E-state index in [0.717, 1.165) is 6.54 Å². The molecule has 0 unspecified atom stereocenters. The summed E-state index contributed by atoms with van der Waals surface area (Å²) in [6.07, 6.45) is -0.265. The number of piperidine rings is 1. The first kappa shape index (κ1) is 8.46. The Morgan fingerprint density at radius 2 is 2.36 bits per heavy atom. The van der Waals surface area contributed by atoms with Crippen LogP contribution in [-0.4, -0.2) is 31.1 Å². The smallest absolute Gasteiger partial charge is 0.115 e. The van der Waals surface area contributed by atoms with Gasteiger partial charge in [0.1, 0.15) is 6.17 Å². The van der Waals surface area contributed by atoms with E-state index >= 15 is 0 Å². The Hall–Kier alpha value is -0.640. The van der Waals surface area contributed by atoms with Crippen LogP contribution in [0.5, 0.6) is 0 Å². The lowest BCUT2D eigenvalue weighted by Crippen LogP contribution is -2.40. The van der Waals surface area contributed by atoms with Gasteiger partial charge >= 0.3 is 0 Å². The van der Waals surface area contributed by atoms with Gasteiger partial charge < -0.3 is 11.1 Å². The molecule has 0 amide bonds. The summed E-state index contributed by atoms with van der Waals surface area (Å²) < 4.78 is 12.7. The third-order valence-electron chi connectivity index (χ3n) is 1.66. The van der Waals surface area contributed by atoms with Crippen molar-refractivity contribution in [2.75, 3.05) is 13.1 Å². The quantitative estimate of drug-likeness (QED) is 0.420. The lowest BCUT2D eigenvalue weighted by Gasteiger charge is -2.22. The van der Waals surface area contributed by atoms with E-state index in [2.05, 4.69) is 10.3 Å². The Bertz CT molecular complexity index is 154. The fourth-order valence-electron chi connectivity index (χ4n) is 1.25. The van der Waals surface area contributed by atoms with Gasteiger partial charge in [-0.3, -0.25) is 4.99 Å². The predicted octanol–water partition coefficient (Wildman–Crippen LogP) is 0.0635. The SMILES string of the molecule is CC(N)=N[C@@H]1CNC[C@@H](F)C1. The summed E-state index contributed by atoms with van der Waals surface area (Å²) in [5.41, 5.74) is 5.37. The van der Waals surface area contributed by atoms with Crippen LogP contribution < -0.4 is 11.1 Å². The maximum Gasteiger partial charge on any atom is 0.115 e. The normalized spacial score (nSPS) is 33.8. The third-order valence-corrected chi connectivity index (χ3v) is 1.66. The Morgan fingerprint density at radius 3 is 2.91 bits per heavy atom. The maximum atomic E-state index is 12.7. The molecule has 1 aliphatic rings. The molecule has 2 atom stereocenters. The first-order valence-electron chi connectivity index (χ1n) is 3.83. The van der Waals surface area contributed by atoms with E-state index in [4.69, 9.17) is 5.73 Å². The van der Waals surface area contributed by atoms with Crippen molar-refractivity contribution >= 4 is 5.84 Å². The molecule has 0 saturated carbocycles. The topological polar surface area (TPSA) is 50.4 Å². The molecule has 0 aliphatic carbocycles. The number of aliphatic imine (C=N–C) groups is 1. The van der Waals surface area contributed by atoms with Crippen molar-refractivity contribution in [3.63, 3.8) is 0 Å². The average Bonchev–Trinajstić information content (AvgIpc) is 1.85. The standard InChI is InChI=1S/C7H14FN3/c1-5(9)11-7-2-6(8)3-10-4-7/h6-7,10H,2-4H2,1H3,(H2,9,11)/t6-,7-/m0/s1. The molecule has 0 aromatic heterocycles. The molecule has 1 saturated heterocycles. The number of alkyl halides is 1. The highest BCUT2D eigenvalue weighted by Crippen LogP contribution is 2.09. The fraction of sp³-hybridized carbons (Fsp3) is 0.857. The summed E-state index contributed by atoms with van der Waals surface area (Å²) in [5, 5.41) is 2.95. The van der Waals surface area contributed by atoms with Crippen molar-refractivity contribution in [1.82, 2.24) is 5.32 Å². The molecule has 0 spiro atoms. The van der Waals surface area contributed by atoms with Gasteiger partial charge in [-0.05, 0) is 6.92 Å².